The second-order valence-electron chi connectivity index (χ2n) is 5.78. The molecule has 1 saturated heterocycles. The molecule has 2 aromatic carbocycles. The molecule has 5 nitrogen and oxygen atoms in total. The zero-order chi connectivity index (χ0) is 15.8. The van der Waals surface area contributed by atoms with E-state index in [0.29, 0.717) is 22.4 Å². The number of fused-ring (bicyclic) bond motifs is 3. The Morgan fingerprint density at radius 3 is 2.70 bits per heavy atom. The lowest BCUT2D eigenvalue weighted by molar-refractivity contribution is 0.586. The zero-order valence-corrected chi connectivity index (χ0v) is 12.7. The van der Waals surface area contributed by atoms with Crippen molar-refractivity contribution in [3.8, 4) is 0 Å². The van der Waals surface area contributed by atoms with Crippen LogP contribution in [0.15, 0.2) is 50.7 Å². The van der Waals surface area contributed by atoms with Gasteiger partial charge in [-0.25, -0.2) is 0 Å². The van der Waals surface area contributed by atoms with Crippen LogP contribution in [-0.4, -0.2) is 19.3 Å². The third-order valence-electron chi connectivity index (χ3n) is 4.40. The van der Waals surface area contributed by atoms with Crippen molar-refractivity contribution in [3.63, 3.8) is 0 Å². The molecule has 0 unspecified atom stereocenters. The number of nitrogens with two attached hydrogens (primary N) is 1. The predicted molar refractivity (Wildman–Crippen MR) is 93.2 cm³/mol. The first kappa shape index (κ1) is 13.8. The van der Waals surface area contributed by atoms with Crippen LogP contribution < -0.4 is 16.2 Å². The molecule has 23 heavy (non-hydrogen) atoms. The van der Waals surface area contributed by atoms with Crippen molar-refractivity contribution in [2.24, 2.45) is 10.9 Å². The highest BCUT2D eigenvalue weighted by atomic mass is 16.4. The van der Waals surface area contributed by atoms with Gasteiger partial charge in [0, 0.05) is 13.1 Å². The third kappa shape index (κ3) is 2.16. The highest BCUT2D eigenvalue weighted by Gasteiger charge is 2.22. The van der Waals surface area contributed by atoms with Crippen molar-refractivity contribution in [2.75, 3.05) is 18.0 Å². The number of benzene rings is 2. The van der Waals surface area contributed by atoms with Gasteiger partial charge >= 0.3 is 0 Å². The van der Waals surface area contributed by atoms with E-state index in [4.69, 9.17) is 10.3 Å². The number of nitrogens with zero attached hydrogens (tertiary/aromatic N) is 2. The summed E-state index contributed by atoms with van der Waals surface area (Å²) < 4.78 is 6.10. The summed E-state index contributed by atoms with van der Waals surface area (Å²) in [7, 11) is 0. The number of hydrogen-bond acceptors (Lipinski definition) is 5. The largest absolute Gasteiger partial charge is 0.440 e. The van der Waals surface area contributed by atoms with Crippen LogP contribution in [0.25, 0.3) is 21.7 Å². The van der Waals surface area contributed by atoms with Crippen LogP contribution in [0.1, 0.15) is 18.4 Å². The Hall–Kier alpha value is -2.82. The molecular weight excluding hydrogens is 290 g/mol. The van der Waals surface area contributed by atoms with Crippen LogP contribution in [0.5, 0.6) is 0 Å². The van der Waals surface area contributed by atoms with E-state index >= 15 is 0 Å². The fourth-order valence-corrected chi connectivity index (χ4v) is 3.31. The lowest BCUT2D eigenvalue weighted by Crippen LogP contribution is -2.23. The minimum Gasteiger partial charge on any atom is -0.440 e. The van der Waals surface area contributed by atoms with E-state index in [1.807, 2.05) is 36.4 Å². The molecule has 5 heteroatoms. The van der Waals surface area contributed by atoms with Crippen LogP contribution in [0.2, 0.25) is 0 Å². The maximum absolute atomic E-state index is 13.1. The molecule has 0 atom stereocenters. The zero-order valence-electron chi connectivity index (χ0n) is 12.7. The maximum atomic E-state index is 13.1. The minimum absolute atomic E-state index is 0.0841. The lowest BCUT2D eigenvalue weighted by Gasteiger charge is -2.18. The topological polar surface area (TPSA) is 71.8 Å². The second-order valence-corrected chi connectivity index (χ2v) is 5.78. The molecule has 4 rings (SSSR count). The molecule has 1 aliphatic heterocycles. The van der Waals surface area contributed by atoms with E-state index in [-0.39, 0.29) is 5.43 Å². The van der Waals surface area contributed by atoms with Crippen molar-refractivity contribution in [1.29, 1.82) is 0 Å². The van der Waals surface area contributed by atoms with Gasteiger partial charge in [0.2, 0.25) is 11.3 Å². The molecule has 2 N–H and O–H groups in total. The van der Waals surface area contributed by atoms with Gasteiger partial charge in [-0.3, -0.25) is 4.79 Å². The Morgan fingerprint density at radius 2 is 1.91 bits per heavy atom. The molecule has 1 fully saturated rings. The number of rotatable bonds is 2. The van der Waals surface area contributed by atoms with Gasteiger partial charge in [-0.05, 0) is 29.7 Å². The summed E-state index contributed by atoms with van der Waals surface area (Å²) in [6.07, 6.45) is 3.60. The molecule has 0 amide bonds. The smallest absolute Gasteiger partial charge is 0.208 e. The second kappa shape index (κ2) is 5.43. The van der Waals surface area contributed by atoms with Gasteiger partial charge in [-0.15, -0.1) is 0 Å². The minimum atomic E-state index is -0.0841. The van der Waals surface area contributed by atoms with E-state index in [2.05, 4.69) is 10.0 Å². The fraction of sp³-hybridized carbons (Fsp3) is 0.222. The summed E-state index contributed by atoms with van der Waals surface area (Å²) >= 11 is 0. The molecular formula is C18H17N3O2. The molecule has 1 aromatic heterocycles. The summed E-state index contributed by atoms with van der Waals surface area (Å²) in [5, 5.41) is 6.06. The van der Waals surface area contributed by atoms with Gasteiger partial charge in [0.05, 0.1) is 11.6 Å². The standard InChI is InChI=1S/C18H17N3O2/c19-20-11-14-17(22)16-13-6-2-1-5-12(13)7-8-15(16)23-18(14)21-9-3-4-10-21/h1-2,5-8,11H,3-4,9-10,19H2/b20-11+. The monoisotopic (exact) mass is 307 g/mol. The number of anilines is 1. The van der Waals surface area contributed by atoms with Crippen molar-refractivity contribution < 1.29 is 4.42 Å². The SMILES string of the molecule is N/N=C/c1c(N2CCCC2)oc2ccc3ccccc3c2c1=O. The van der Waals surface area contributed by atoms with Crippen LogP contribution in [0.3, 0.4) is 0 Å². The fourth-order valence-electron chi connectivity index (χ4n) is 3.31. The van der Waals surface area contributed by atoms with Crippen molar-refractivity contribution in [2.45, 2.75) is 12.8 Å². The van der Waals surface area contributed by atoms with Gasteiger partial charge in [0.1, 0.15) is 11.1 Å². The molecule has 0 aliphatic carbocycles. The molecule has 0 radical (unpaired) electrons. The quantitative estimate of drug-likeness (QED) is 0.342. The van der Waals surface area contributed by atoms with Crippen molar-refractivity contribution in [3.05, 3.63) is 52.2 Å². The average Bonchev–Trinajstić information content (AvgIpc) is 3.11. The van der Waals surface area contributed by atoms with Gasteiger partial charge in [0.15, 0.2) is 0 Å². The summed E-state index contributed by atoms with van der Waals surface area (Å²) in [5.74, 6) is 5.90. The molecule has 0 bridgehead atoms. The highest BCUT2D eigenvalue weighted by molar-refractivity contribution is 6.07. The Labute approximate surface area is 133 Å². The van der Waals surface area contributed by atoms with Crippen LogP contribution in [-0.2, 0) is 0 Å². The molecule has 0 saturated carbocycles. The van der Waals surface area contributed by atoms with Gasteiger partial charge in [-0.1, -0.05) is 30.3 Å². The molecule has 116 valence electrons. The summed E-state index contributed by atoms with van der Waals surface area (Å²) in [6.45, 7) is 1.76. The van der Waals surface area contributed by atoms with Gasteiger partial charge in [0.25, 0.3) is 0 Å². The summed E-state index contributed by atoms with van der Waals surface area (Å²) in [6, 6.07) is 11.6. The molecule has 2 heterocycles. The normalized spacial score (nSPS) is 15.2. The van der Waals surface area contributed by atoms with Crippen LogP contribution in [0, 0.1) is 0 Å². The van der Waals surface area contributed by atoms with E-state index in [9.17, 15) is 4.79 Å². The average molecular weight is 307 g/mol. The maximum Gasteiger partial charge on any atom is 0.208 e. The predicted octanol–water partition coefficient (Wildman–Crippen LogP) is 2.84. The van der Waals surface area contributed by atoms with Crippen LogP contribution >= 0.6 is 0 Å². The highest BCUT2D eigenvalue weighted by Crippen LogP contribution is 2.29. The molecule has 0 spiro atoms. The lowest BCUT2D eigenvalue weighted by atomic mass is 10.0. The first-order valence-electron chi connectivity index (χ1n) is 7.76. The summed E-state index contributed by atoms with van der Waals surface area (Å²) in [5.41, 5.74) is 0.946. The van der Waals surface area contributed by atoms with Gasteiger partial charge < -0.3 is 15.2 Å². The van der Waals surface area contributed by atoms with Crippen molar-refractivity contribution >= 4 is 33.8 Å². The Kier molecular flexibility index (Phi) is 3.26. The number of hydrazone groups is 1. The first-order valence-corrected chi connectivity index (χ1v) is 7.76. The Balaban J connectivity index is 2.10. The van der Waals surface area contributed by atoms with Crippen LogP contribution in [0.4, 0.5) is 5.88 Å². The number of hydrogen-bond donors (Lipinski definition) is 1. The summed E-state index contributed by atoms with van der Waals surface area (Å²) in [4.78, 5) is 15.2. The molecule has 1 aliphatic rings. The van der Waals surface area contributed by atoms with E-state index < -0.39 is 0 Å². The first-order chi connectivity index (χ1) is 11.3. The molecule has 3 aromatic rings. The van der Waals surface area contributed by atoms with Gasteiger partial charge in [-0.2, -0.15) is 5.10 Å². The van der Waals surface area contributed by atoms with E-state index in [1.54, 1.807) is 0 Å². The third-order valence-corrected chi connectivity index (χ3v) is 4.40. The van der Waals surface area contributed by atoms with Crippen molar-refractivity contribution in [1.82, 2.24) is 0 Å². The van der Waals surface area contributed by atoms with E-state index in [0.717, 1.165) is 36.7 Å². The Morgan fingerprint density at radius 1 is 1.13 bits per heavy atom. The Bertz CT molecular complexity index is 969. The van der Waals surface area contributed by atoms with E-state index in [1.165, 1.54) is 6.21 Å².